The number of rotatable bonds is 2. The van der Waals surface area contributed by atoms with Crippen LogP contribution in [0.25, 0.3) is 0 Å². The fourth-order valence-electron chi connectivity index (χ4n) is 0.204. The van der Waals surface area contributed by atoms with E-state index in [1.54, 1.807) is 0 Å². The van der Waals surface area contributed by atoms with E-state index in [1.807, 2.05) is 0 Å². The molecule has 0 spiro atoms. The molecule has 0 aliphatic rings. The fourth-order valence-corrected chi connectivity index (χ4v) is 0.204. The van der Waals surface area contributed by atoms with Gasteiger partial charge < -0.3 is 10.2 Å². The van der Waals surface area contributed by atoms with Crippen molar-refractivity contribution in [3.63, 3.8) is 0 Å². The van der Waals surface area contributed by atoms with Gasteiger partial charge in [0.05, 0.1) is 5.60 Å². The summed E-state index contributed by atoms with van der Waals surface area (Å²) in [6.07, 6.45) is -1.15. The molecule has 0 amide bonds. The van der Waals surface area contributed by atoms with E-state index in [9.17, 15) is 5.11 Å². The molecule has 0 unspecified atom stereocenters. The van der Waals surface area contributed by atoms with Gasteiger partial charge in [0.1, 0.15) is 12.7 Å². The van der Waals surface area contributed by atoms with Gasteiger partial charge in [-0.05, 0) is 13.8 Å². The molecular weight excluding hydrogens is 108 g/mol. The van der Waals surface area contributed by atoms with Crippen molar-refractivity contribution in [1.82, 2.24) is 0 Å². The van der Waals surface area contributed by atoms with Crippen LogP contribution >= 0.6 is 0 Å². The maximum absolute atomic E-state index is 9.87. The summed E-state index contributed by atoms with van der Waals surface area (Å²) < 4.78 is 0. The zero-order valence-corrected chi connectivity index (χ0v) is 5.09. The van der Waals surface area contributed by atoms with Crippen molar-refractivity contribution >= 4 is 0 Å². The number of hydrogen-bond acceptors (Lipinski definition) is 2. The van der Waals surface area contributed by atoms with Gasteiger partial charge in [-0.3, -0.25) is 0 Å². The molecular formula is C5H11O3. The van der Waals surface area contributed by atoms with Crippen LogP contribution in [0, 0.1) is 0 Å². The summed E-state index contributed by atoms with van der Waals surface area (Å²) >= 11 is 0. The molecule has 0 aliphatic carbocycles. The zero-order chi connectivity index (χ0) is 6.78. The van der Waals surface area contributed by atoms with E-state index in [2.05, 4.69) is 0 Å². The minimum absolute atomic E-state index is 0.649. The lowest BCUT2D eigenvalue weighted by molar-refractivity contribution is -0.0830. The van der Waals surface area contributed by atoms with E-state index in [0.717, 1.165) is 0 Å². The second-order valence-electron chi connectivity index (χ2n) is 2.34. The van der Waals surface area contributed by atoms with Crippen LogP contribution in [0.15, 0.2) is 0 Å². The summed E-state index contributed by atoms with van der Waals surface area (Å²) in [6, 6.07) is 0. The van der Waals surface area contributed by atoms with Crippen LogP contribution in [0.5, 0.6) is 0 Å². The standard InChI is InChI=1S/C5H11O3/c1-5(2,8)4(7)3-6/h4,7-8H,3H2,1-2H3/t4-/m0/s1. The minimum Gasteiger partial charge on any atom is -0.388 e. The maximum atomic E-state index is 9.87. The molecule has 0 aromatic carbocycles. The molecule has 0 saturated carbocycles. The predicted octanol–water partition coefficient (Wildman–Crippen LogP) is -0.451. The number of aliphatic hydroxyl groups is 2. The highest BCUT2D eigenvalue weighted by Crippen LogP contribution is 2.06. The van der Waals surface area contributed by atoms with Gasteiger partial charge in [0, 0.05) is 0 Å². The summed E-state index contributed by atoms with van der Waals surface area (Å²) in [5.74, 6) is 0. The molecule has 0 aromatic rings. The minimum atomic E-state index is -1.25. The first-order chi connectivity index (χ1) is 3.48. The number of aliphatic hydroxyl groups excluding tert-OH is 1. The first-order valence-electron chi connectivity index (χ1n) is 2.47. The SMILES string of the molecule is CC(C)(O)[C@@H](O)C[O]. The number of hydrogen-bond donors (Lipinski definition) is 2. The van der Waals surface area contributed by atoms with Crippen LogP contribution in [0.3, 0.4) is 0 Å². The van der Waals surface area contributed by atoms with Crippen molar-refractivity contribution in [2.75, 3.05) is 6.61 Å². The third-order valence-corrected chi connectivity index (χ3v) is 0.973. The Balaban J connectivity index is 3.62. The van der Waals surface area contributed by atoms with E-state index in [4.69, 9.17) is 10.2 Å². The highest BCUT2D eigenvalue weighted by atomic mass is 16.4. The van der Waals surface area contributed by atoms with Crippen LogP contribution < -0.4 is 0 Å². The van der Waals surface area contributed by atoms with Crippen LogP contribution in [-0.4, -0.2) is 28.5 Å². The van der Waals surface area contributed by atoms with Gasteiger partial charge in [-0.2, -0.15) is 0 Å². The van der Waals surface area contributed by atoms with Crippen molar-refractivity contribution in [2.45, 2.75) is 25.6 Å². The highest BCUT2D eigenvalue weighted by Gasteiger charge is 2.23. The molecule has 0 rings (SSSR count). The Hall–Kier alpha value is -0.120. The Bertz CT molecular complexity index is 64.6. The van der Waals surface area contributed by atoms with Crippen LogP contribution in [-0.2, 0) is 5.11 Å². The second-order valence-corrected chi connectivity index (χ2v) is 2.34. The highest BCUT2D eigenvalue weighted by molar-refractivity contribution is 4.74. The Morgan fingerprint density at radius 3 is 2.00 bits per heavy atom. The summed E-state index contributed by atoms with van der Waals surface area (Å²) in [5.41, 5.74) is -1.25. The maximum Gasteiger partial charge on any atom is 0.111 e. The third kappa shape index (κ3) is 2.26. The van der Waals surface area contributed by atoms with E-state index >= 15 is 0 Å². The molecule has 49 valence electrons. The van der Waals surface area contributed by atoms with E-state index < -0.39 is 18.3 Å². The normalized spacial score (nSPS) is 16.1. The average molecular weight is 119 g/mol. The zero-order valence-electron chi connectivity index (χ0n) is 5.09. The van der Waals surface area contributed by atoms with Crippen LogP contribution in [0.1, 0.15) is 13.8 Å². The third-order valence-electron chi connectivity index (χ3n) is 0.973. The molecule has 0 fully saturated rings. The summed E-state index contributed by atoms with van der Waals surface area (Å²) in [6.45, 7) is 2.15. The fraction of sp³-hybridized carbons (Fsp3) is 1.00. The molecule has 0 heterocycles. The lowest BCUT2D eigenvalue weighted by atomic mass is 10.0. The van der Waals surface area contributed by atoms with Crippen LogP contribution in [0.2, 0.25) is 0 Å². The molecule has 1 atom stereocenters. The molecule has 1 radical (unpaired) electrons. The molecule has 0 aliphatic heterocycles. The second kappa shape index (κ2) is 2.44. The molecule has 0 saturated heterocycles. The average Bonchev–Trinajstić information content (AvgIpc) is 1.62. The van der Waals surface area contributed by atoms with Gasteiger partial charge in [0.2, 0.25) is 0 Å². The Morgan fingerprint density at radius 1 is 1.62 bits per heavy atom. The summed E-state index contributed by atoms with van der Waals surface area (Å²) in [4.78, 5) is 0. The topological polar surface area (TPSA) is 60.4 Å². The summed E-state index contributed by atoms with van der Waals surface area (Å²) in [7, 11) is 0. The Kier molecular flexibility index (Phi) is 2.40. The van der Waals surface area contributed by atoms with Crippen molar-refractivity contribution in [1.29, 1.82) is 0 Å². The van der Waals surface area contributed by atoms with E-state index in [-0.39, 0.29) is 0 Å². The molecule has 0 bridgehead atoms. The van der Waals surface area contributed by atoms with Gasteiger partial charge in [-0.15, -0.1) is 0 Å². The van der Waals surface area contributed by atoms with Gasteiger partial charge in [-0.1, -0.05) is 0 Å². The van der Waals surface area contributed by atoms with Crippen molar-refractivity contribution in [2.24, 2.45) is 0 Å². The Labute approximate surface area is 48.6 Å². The van der Waals surface area contributed by atoms with E-state index in [0.29, 0.717) is 0 Å². The Morgan fingerprint density at radius 2 is 2.00 bits per heavy atom. The largest absolute Gasteiger partial charge is 0.388 e. The van der Waals surface area contributed by atoms with Crippen molar-refractivity contribution in [3.05, 3.63) is 0 Å². The molecule has 8 heavy (non-hydrogen) atoms. The van der Waals surface area contributed by atoms with Crippen LogP contribution in [0.4, 0.5) is 0 Å². The van der Waals surface area contributed by atoms with Gasteiger partial charge in [-0.25, -0.2) is 5.11 Å². The first-order valence-corrected chi connectivity index (χ1v) is 2.47. The van der Waals surface area contributed by atoms with Gasteiger partial charge >= 0.3 is 0 Å². The van der Waals surface area contributed by atoms with Crippen molar-refractivity contribution in [3.8, 4) is 0 Å². The molecule has 0 aromatic heterocycles. The monoisotopic (exact) mass is 119 g/mol. The van der Waals surface area contributed by atoms with Gasteiger partial charge in [0.15, 0.2) is 0 Å². The lowest BCUT2D eigenvalue weighted by Gasteiger charge is -2.21. The smallest absolute Gasteiger partial charge is 0.111 e. The predicted molar refractivity (Wildman–Crippen MR) is 27.9 cm³/mol. The van der Waals surface area contributed by atoms with Crippen molar-refractivity contribution < 1.29 is 15.3 Å². The van der Waals surface area contributed by atoms with E-state index in [1.165, 1.54) is 13.8 Å². The molecule has 3 nitrogen and oxygen atoms in total. The molecule has 3 heteroatoms. The molecule has 2 N–H and O–H groups in total. The lowest BCUT2D eigenvalue weighted by Crippen LogP contribution is -2.37. The first kappa shape index (κ1) is 7.88. The van der Waals surface area contributed by atoms with Gasteiger partial charge in [0.25, 0.3) is 0 Å². The quantitative estimate of drug-likeness (QED) is 0.517. The summed E-state index contributed by atoms with van der Waals surface area (Å²) in [5, 5.41) is 27.3.